The van der Waals surface area contributed by atoms with Crippen molar-refractivity contribution in [2.24, 2.45) is 0 Å². The van der Waals surface area contributed by atoms with Gasteiger partial charge in [-0.05, 0) is 19.8 Å². The Hall–Kier alpha value is -1.10. The van der Waals surface area contributed by atoms with Gasteiger partial charge in [0.2, 0.25) is 0 Å². The largest absolute Gasteiger partial charge is 0.345 e. The van der Waals surface area contributed by atoms with Crippen molar-refractivity contribution in [3.05, 3.63) is 11.9 Å². The number of rotatable bonds is 5. The predicted octanol–water partition coefficient (Wildman–Crippen LogP) is 1.33. The van der Waals surface area contributed by atoms with Gasteiger partial charge in [-0.25, -0.2) is 0 Å². The van der Waals surface area contributed by atoms with Crippen molar-refractivity contribution in [1.29, 1.82) is 0 Å². The Morgan fingerprint density at radius 3 is 2.93 bits per heavy atom. The third-order valence-corrected chi connectivity index (χ3v) is 2.68. The van der Waals surface area contributed by atoms with Gasteiger partial charge in [0, 0.05) is 11.4 Å². The maximum atomic E-state index is 11.7. The van der Waals surface area contributed by atoms with Crippen LogP contribution in [-0.2, 0) is 0 Å². The first kappa shape index (κ1) is 12.0. The van der Waals surface area contributed by atoms with Gasteiger partial charge in [0.05, 0.1) is 6.20 Å². The number of hydrogen-bond acceptors (Lipinski definition) is 3. The van der Waals surface area contributed by atoms with Crippen molar-refractivity contribution in [3.8, 4) is 0 Å². The van der Waals surface area contributed by atoms with Crippen LogP contribution < -0.4 is 5.32 Å². The van der Waals surface area contributed by atoms with E-state index in [1.54, 1.807) is 0 Å². The Kier molecular flexibility index (Phi) is 4.08. The minimum atomic E-state index is -0.280. The van der Waals surface area contributed by atoms with E-state index in [1.807, 2.05) is 13.8 Å². The highest BCUT2D eigenvalue weighted by molar-refractivity contribution is 6.17. The van der Waals surface area contributed by atoms with E-state index in [9.17, 15) is 4.79 Å². The highest BCUT2D eigenvalue weighted by atomic mass is 35.5. The van der Waals surface area contributed by atoms with Crippen LogP contribution in [0.3, 0.4) is 0 Å². The van der Waals surface area contributed by atoms with Crippen LogP contribution in [0.1, 0.15) is 37.2 Å². The summed E-state index contributed by atoms with van der Waals surface area (Å²) in [5, 5.41) is 12.6. The third kappa shape index (κ3) is 3.20. The average Bonchev–Trinajstić information content (AvgIpc) is 2.71. The van der Waals surface area contributed by atoms with Crippen LogP contribution in [-0.4, -0.2) is 32.7 Å². The zero-order valence-electron chi connectivity index (χ0n) is 8.88. The lowest BCUT2D eigenvalue weighted by molar-refractivity contribution is 0.0896. The number of nitrogens with zero attached hydrogens (tertiary/aromatic N) is 2. The summed E-state index contributed by atoms with van der Waals surface area (Å²) in [5.41, 5.74) is 0.0156. The van der Waals surface area contributed by atoms with Gasteiger partial charge in [-0.2, -0.15) is 15.4 Å². The first-order valence-corrected chi connectivity index (χ1v) is 5.39. The monoisotopic (exact) mass is 230 g/mol. The van der Waals surface area contributed by atoms with Gasteiger partial charge in [0.15, 0.2) is 5.69 Å². The van der Waals surface area contributed by atoms with Crippen LogP contribution in [0.15, 0.2) is 6.20 Å². The molecule has 1 atom stereocenters. The summed E-state index contributed by atoms with van der Waals surface area (Å²) in [7, 11) is 0. The molecule has 0 fully saturated rings. The summed E-state index contributed by atoms with van der Waals surface area (Å²) in [6, 6.07) is 0. The van der Waals surface area contributed by atoms with Gasteiger partial charge in [-0.1, -0.05) is 6.92 Å². The average molecular weight is 231 g/mol. The van der Waals surface area contributed by atoms with Gasteiger partial charge in [-0.3, -0.25) is 4.79 Å². The lowest BCUT2D eigenvalue weighted by Crippen LogP contribution is -2.46. The molecule has 1 aromatic heterocycles. The van der Waals surface area contributed by atoms with Gasteiger partial charge >= 0.3 is 0 Å². The summed E-state index contributed by atoms with van der Waals surface area (Å²) < 4.78 is 0. The molecule has 0 saturated carbocycles. The van der Waals surface area contributed by atoms with E-state index >= 15 is 0 Å². The Labute approximate surface area is 93.6 Å². The SMILES string of the molecule is CCC(C)(CCCl)NC(=O)c1cn[nH]n1. The number of carbonyl (C=O) groups excluding carboxylic acids is 1. The molecule has 0 spiro atoms. The topological polar surface area (TPSA) is 70.7 Å². The molecule has 1 rings (SSSR count). The zero-order chi connectivity index (χ0) is 11.3. The molecule has 5 nitrogen and oxygen atoms in total. The second kappa shape index (κ2) is 5.11. The number of aromatic amines is 1. The second-order valence-electron chi connectivity index (χ2n) is 3.66. The minimum absolute atomic E-state index is 0.224. The van der Waals surface area contributed by atoms with E-state index in [1.165, 1.54) is 6.20 Å². The van der Waals surface area contributed by atoms with Crippen LogP contribution in [0.2, 0.25) is 0 Å². The summed E-state index contributed by atoms with van der Waals surface area (Å²) in [6.45, 7) is 3.98. The van der Waals surface area contributed by atoms with Crippen LogP contribution in [0.4, 0.5) is 0 Å². The quantitative estimate of drug-likeness (QED) is 0.750. The van der Waals surface area contributed by atoms with E-state index in [2.05, 4.69) is 20.7 Å². The van der Waals surface area contributed by atoms with Gasteiger partial charge in [-0.15, -0.1) is 11.6 Å². The summed E-state index contributed by atoms with van der Waals surface area (Å²) in [4.78, 5) is 11.7. The molecule has 6 heteroatoms. The Morgan fingerprint density at radius 2 is 2.47 bits per heavy atom. The number of nitrogens with one attached hydrogen (secondary N) is 2. The van der Waals surface area contributed by atoms with Gasteiger partial charge < -0.3 is 5.32 Å². The van der Waals surface area contributed by atoms with Crippen molar-refractivity contribution in [2.75, 3.05) is 5.88 Å². The van der Waals surface area contributed by atoms with Crippen molar-refractivity contribution in [2.45, 2.75) is 32.2 Å². The predicted molar refractivity (Wildman–Crippen MR) is 57.9 cm³/mol. The van der Waals surface area contributed by atoms with E-state index in [-0.39, 0.29) is 11.4 Å². The van der Waals surface area contributed by atoms with Crippen molar-refractivity contribution >= 4 is 17.5 Å². The molecule has 84 valence electrons. The summed E-state index contributed by atoms with van der Waals surface area (Å²) in [6.07, 6.45) is 2.95. The number of carbonyl (C=O) groups is 1. The van der Waals surface area contributed by atoms with Crippen molar-refractivity contribution < 1.29 is 4.79 Å². The number of amides is 1. The number of alkyl halides is 1. The van der Waals surface area contributed by atoms with Crippen LogP contribution in [0, 0.1) is 0 Å². The third-order valence-electron chi connectivity index (χ3n) is 2.49. The molecule has 0 radical (unpaired) electrons. The standard InChI is InChI=1S/C9H15ClN4O/c1-3-9(2,4-5-10)12-8(15)7-6-11-14-13-7/h6H,3-5H2,1-2H3,(H,12,15)(H,11,13,14). The molecule has 2 N–H and O–H groups in total. The fourth-order valence-corrected chi connectivity index (χ4v) is 1.60. The molecule has 0 aliphatic carbocycles. The van der Waals surface area contributed by atoms with Crippen LogP contribution in [0.25, 0.3) is 0 Å². The van der Waals surface area contributed by atoms with Crippen LogP contribution in [0.5, 0.6) is 0 Å². The molecule has 1 heterocycles. The maximum absolute atomic E-state index is 11.7. The molecule has 0 aliphatic heterocycles. The Bertz CT molecular complexity index is 314. The van der Waals surface area contributed by atoms with E-state index < -0.39 is 0 Å². The molecule has 0 aromatic carbocycles. The van der Waals surface area contributed by atoms with Crippen molar-refractivity contribution in [1.82, 2.24) is 20.7 Å². The summed E-state index contributed by atoms with van der Waals surface area (Å²) >= 11 is 5.69. The smallest absolute Gasteiger partial charge is 0.273 e. The molecule has 1 aromatic rings. The van der Waals surface area contributed by atoms with Crippen molar-refractivity contribution in [3.63, 3.8) is 0 Å². The fourth-order valence-electron chi connectivity index (χ4n) is 1.19. The van der Waals surface area contributed by atoms with Gasteiger partial charge in [0.1, 0.15) is 0 Å². The van der Waals surface area contributed by atoms with Crippen LogP contribution >= 0.6 is 11.6 Å². The molecule has 0 aliphatic rings. The van der Waals surface area contributed by atoms with E-state index in [0.29, 0.717) is 11.6 Å². The number of H-pyrrole nitrogens is 1. The Balaban J connectivity index is 2.63. The molecular formula is C9H15ClN4O. The highest BCUT2D eigenvalue weighted by Crippen LogP contribution is 2.15. The second-order valence-corrected chi connectivity index (χ2v) is 4.04. The number of halogens is 1. The fraction of sp³-hybridized carbons (Fsp3) is 0.667. The first-order chi connectivity index (χ1) is 7.11. The molecule has 0 bridgehead atoms. The summed E-state index contributed by atoms with van der Waals surface area (Å²) in [5.74, 6) is 0.293. The molecule has 0 saturated heterocycles. The molecule has 1 amide bonds. The maximum Gasteiger partial charge on any atom is 0.273 e. The number of aromatic nitrogens is 3. The highest BCUT2D eigenvalue weighted by Gasteiger charge is 2.24. The number of hydrogen-bond donors (Lipinski definition) is 2. The normalized spacial score (nSPS) is 14.6. The van der Waals surface area contributed by atoms with E-state index in [0.717, 1.165) is 12.8 Å². The lowest BCUT2D eigenvalue weighted by Gasteiger charge is -2.28. The van der Waals surface area contributed by atoms with Gasteiger partial charge in [0.25, 0.3) is 5.91 Å². The minimum Gasteiger partial charge on any atom is -0.345 e. The first-order valence-electron chi connectivity index (χ1n) is 4.85. The lowest BCUT2D eigenvalue weighted by atomic mass is 9.95. The molecule has 15 heavy (non-hydrogen) atoms. The molecule has 1 unspecified atom stereocenters. The Morgan fingerprint density at radius 1 is 1.73 bits per heavy atom. The zero-order valence-corrected chi connectivity index (χ0v) is 9.64. The molecular weight excluding hydrogens is 216 g/mol. The van der Waals surface area contributed by atoms with E-state index in [4.69, 9.17) is 11.6 Å².